The van der Waals surface area contributed by atoms with Crippen LogP contribution in [0.5, 0.6) is 5.75 Å². The number of ether oxygens (including phenoxy) is 2. The van der Waals surface area contributed by atoms with E-state index in [2.05, 4.69) is 26.2 Å². The van der Waals surface area contributed by atoms with Crippen molar-refractivity contribution in [2.75, 3.05) is 6.61 Å². The van der Waals surface area contributed by atoms with Crippen LogP contribution < -0.4 is 10.3 Å². The third-order valence-electron chi connectivity index (χ3n) is 3.13. The van der Waals surface area contributed by atoms with Crippen molar-refractivity contribution in [2.24, 2.45) is 0 Å². The molecule has 0 aliphatic heterocycles. The Morgan fingerprint density at radius 3 is 2.83 bits per heavy atom. The van der Waals surface area contributed by atoms with Gasteiger partial charge in [-0.25, -0.2) is 4.79 Å². The van der Waals surface area contributed by atoms with Gasteiger partial charge in [0.15, 0.2) is 13.3 Å². The maximum Gasteiger partial charge on any atom is 0.345 e. The largest absolute Gasteiger partial charge is 0.482 e. The number of hydrogen-bond acceptors (Lipinski definition) is 6. The third kappa shape index (κ3) is 3.77. The first-order valence-corrected chi connectivity index (χ1v) is 7.79. The fraction of sp³-hybridized carbons (Fsp3) is 0.125. The number of aromatic nitrogens is 3. The molecular formula is C16H12BrN3O4. The summed E-state index contributed by atoms with van der Waals surface area (Å²) in [6, 6.07) is 13.9. The Morgan fingerprint density at radius 2 is 2.00 bits per heavy atom. The first-order chi connectivity index (χ1) is 11.6. The van der Waals surface area contributed by atoms with Crippen molar-refractivity contribution >= 4 is 32.8 Å². The highest BCUT2D eigenvalue weighted by Crippen LogP contribution is 2.17. The highest BCUT2D eigenvalue weighted by Gasteiger charge is 2.09. The van der Waals surface area contributed by atoms with Crippen molar-refractivity contribution in [3.05, 3.63) is 63.4 Å². The molecule has 3 rings (SSSR count). The molecule has 0 saturated heterocycles. The lowest BCUT2D eigenvalue weighted by atomic mass is 10.2. The van der Waals surface area contributed by atoms with Gasteiger partial charge in [-0.2, -0.15) is 4.68 Å². The van der Waals surface area contributed by atoms with Crippen LogP contribution in [0.3, 0.4) is 0 Å². The number of rotatable bonds is 5. The molecular weight excluding hydrogens is 378 g/mol. The summed E-state index contributed by atoms with van der Waals surface area (Å²) < 4.78 is 12.1. The van der Waals surface area contributed by atoms with E-state index in [0.717, 1.165) is 9.15 Å². The van der Waals surface area contributed by atoms with Gasteiger partial charge in [0, 0.05) is 4.47 Å². The molecule has 0 N–H and O–H groups in total. The molecule has 0 fully saturated rings. The Kier molecular flexibility index (Phi) is 4.85. The zero-order chi connectivity index (χ0) is 16.9. The average molecular weight is 390 g/mol. The van der Waals surface area contributed by atoms with E-state index in [1.165, 1.54) is 0 Å². The minimum absolute atomic E-state index is 0.272. The molecule has 24 heavy (non-hydrogen) atoms. The van der Waals surface area contributed by atoms with Gasteiger partial charge in [0.25, 0.3) is 5.56 Å². The molecule has 1 heterocycles. The van der Waals surface area contributed by atoms with E-state index in [1.807, 2.05) is 6.07 Å². The van der Waals surface area contributed by atoms with Gasteiger partial charge in [-0.1, -0.05) is 39.3 Å². The van der Waals surface area contributed by atoms with Gasteiger partial charge in [-0.15, -0.1) is 5.10 Å². The molecule has 0 bridgehead atoms. The summed E-state index contributed by atoms with van der Waals surface area (Å²) in [4.78, 5) is 23.9. The molecule has 0 atom stereocenters. The molecule has 0 aliphatic rings. The predicted octanol–water partition coefficient (Wildman–Crippen LogP) is 2.13. The fourth-order valence-electron chi connectivity index (χ4n) is 1.98. The second-order valence-electron chi connectivity index (χ2n) is 4.80. The lowest BCUT2D eigenvalue weighted by molar-refractivity contribution is -0.150. The highest BCUT2D eigenvalue weighted by atomic mass is 79.9. The zero-order valence-corrected chi connectivity index (χ0v) is 14.0. The molecule has 0 radical (unpaired) electrons. The van der Waals surface area contributed by atoms with E-state index in [0.29, 0.717) is 16.7 Å². The van der Waals surface area contributed by atoms with E-state index in [9.17, 15) is 9.59 Å². The Labute approximate surface area is 144 Å². The van der Waals surface area contributed by atoms with Crippen molar-refractivity contribution in [3.63, 3.8) is 0 Å². The summed E-state index contributed by atoms with van der Waals surface area (Å²) in [5.74, 6) is -0.0826. The molecule has 122 valence electrons. The summed E-state index contributed by atoms with van der Waals surface area (Å²) in [6.45, 7) is -0.594. The van der Waals surface area contributed by atoms with Gasteiger partial charge < -0.3 is 9.47 Å². The number of carbonyl (C=O) groups is 1. The number of hydrogen-bond donors (Lipinski definition) is 0. The van der Waals surface area contributed by atoms with Crippen LogP contribution in [-0.2, 0) is 16.3 Å². The van der Waals surface area contributed by atoms with Crippen LogP contribution in [0, 0.1) is 0 Å². The van der Waals surface area contributed by atoms with Gasteiger partial charge in [-0.3, -0.25) is 4.79 Å². The second-order valence-corrected chi connectivity index (χ2v) is 5.72. The molecule has 0 unspecified atom stereocenters. The topological polar surface area (TPSA) is 83.3 Å². The van der Waals surface area contributed by atoms with Crippen LogP contribution in [0.15, 0.2) is 57.8 Å². The highest BCUT2D eigenvalue weighted by molar-refractivity contribution is 9.10. The quantitative estimate of drug-likeness (QED) is 0.621. The second kappa shape index (κ2) is 7.22. The Hall–Kier alpha value is -2.74. The van der Waals surface area contributed by atoms with Crippen molar-refractivity contribution in [2.45, 2.75) is 6.73 Å². The molecule has 2 aromatic carbocycles. The van der Waals surface area contributed by atoms with Crippen molar-refractivity contribution in [1.29, 1.82) is 0 Å². The zero-order valence-electron chi connectivity index (χ0n) is 12.4. The number of esters is 1. The summed E-state index contributed by atoms with van der Waals surface area (Å²) >= 11 is 3.31. The Bertz CT molecular complexity index is 942. The Balaban J connectivity index is 1.60. The first-order valence-electron chi connectivity index (χ1n) is 7.00. The van der Waals surface area contributed by atoms with Crippen LogP contribution in [0.25, 0.3) is 10.9 Å². The first kappa shape index (κ1) is 16.1. The van der Waals surface area contributed by atoms with Gasteiger partial charge in [0.2, 0.25) is 0 Å². The smallest absolute Gasteiger partial charge is 0.345 e. The van der Waals surface area contributed by atoms with Crippen LogP contribution in [-0.4, -0.2) is 27.6 Å². The number of halogens is 1. The van der Waals surface area contributed by atoms with E-state index >= 15 is 0 Å². The lowest BCUT2D eigenvalue weighted by Crippen LogP contribution is -2.27. The summed E-state index contributed by atoms with van der Waals surface area (Å²) in [7, 11) is 0. The molecule has 3 aromatic rings. The van der Waals surface area contributed by atoms with Crippen LogP contribution in [0.2, 0.25) is 0 Å². The summed E-state index contributed by atoms with van der Waals surface area (Å²) in [5, 5.41) is 8.06. The van der Waals surface area contributed by atoms with E-state index in [4.69, 9.17) is 9.47 Å². The van der Waals surface area contributed by atoms with Crippen LogP contribution >= 0.6 is 15.9 Å². The fourth-order valence-corrected chi connectivity index (χ4v) is 2.36. The van der Waals surface area contributed by atoms with Crippen LogP contribution in [0.1, 0.15) is 0 Å². The molecule has 0 amide bonds. The molecule has 8 heteroatoms. The van der Waals surface area contributed by atoms with Gasteiger partial charge in [0.1, 0.15) is 11.3 Å². The number of fused-ring (bicyclic) bond motifs is 1. The van der Waals surface area contributed by atoms with E-state index in [-0.39, 0.29) is 18.9 Å². The number of benzene rings is 2. The van der Waals surface area contributed by atoms with Gasteiger partial charge >= 0.3 is 5.97 Å². The van der Waals surface area contributed by atoms with Crippen molar-refractivity contribution in [3.8, 4) is 5.75 Å². The molecule has 0 spiro atoms. The average Bonchev–Trinajstić information content (AvgIpc) is 2.60. The van der Waals surface area contributed by atoms with E-state index in [1.54, 1.807) is 42.5 Å². The maximum absolute atomic E-state index is 12.2. The number of nitrogens with zero attached hydrogens (tertiary/aromatic N) is 3. The van der Waals surface area contributed by atoms with Crippen molar-refractivity contribution < 1.29 is 14.3 Å². The van der Waals surface area contributed by atoms with Crippen LogP contribution in [0.4, 0.5) is 0 Å². The standard InChI is InChI=1S/C16H12BrN3O4/c17-11-4-3-5-12(8-11)23-9-15(21)24-10-20-16(22)13-6-1-2-7-14(13)18-19-20/h1-8H,9-10H2. The normalized spacial score (nSPS) is 10.5. The minimum Gasteiger partial charge on any atom is -0.482 e. The monoisotopic (exact) mass is 389 g/mol. The summed E-state index contributed by atoms with van der Waals surface area (Å²) in [6.07, 6.45) is 0. The van der Waals surface area contributed by atoms with Gasteiger partial charge in [-0.05, 0) is 30.3 Å². The molecule has 0 saturated carbocycles. The lowest BCUT2D eigenvalue weighted by Gasteiger charge is -2.08. The predicted molar refractivity (Wildman–Crippen MR) is 89.5 cm³/mol. The molecule has 7 nitrogen and oxygen atoms in total. The minimum atomic E-state index is -0.614. The maximum atomic E-state index is 12.2. The van der Waals surface area contributed by atoms with Gasteiger partial charge in [0.05, 0.1) is 5.39 Å². The molecule has 0 aliphatic carbocycles. The van der Waals surface area contributed by atoms with E-state index < -0.39 is 5.97 Å². The third-order valence-corrected chi connectivity index (χ3v) is 3.62. The summed E-state index contributed by atoms with van der Waals surface area (Å²) in [5.41, 5.74) is 0.115. The SMILES string of the molecule is O=C(COc1cccc(Br)c1)OCn1nnc2ccccc2c1=O. The van der Waals surface area contributed by atoms with Crippen molar-refractivity contribution in [1.82, 2.24) is 15.0 Å². The Morgan fingerprint density at radius 1 is 1.17 bits per heavy atom. The molecule has 1 aromatic heterocycles. The number of carbonyl (C=O) groups excluding carboxylic acids is 1.